The van der Waals surface area contributed by atoms with Gasteiger partial charge in [0.05, 0.1) is 16.5 Å². The molecular weight excluding hydrogens is 378 g/mol. The minimum Gasteiger partial charge on any atom is -0.492 e. The number of ether oxygens (including phenoxy) is 1. The summed E-state index contributed by atoms with van der Waals surface area (Å²) in [6.07, 6.45) is 0. The van der Waals surface area contributed by atoms with Crippen molar-refractivity contribution < 1.29 is 9.13 Å². The van der Waals surface area contributed by atoms with Gasteiger partial charge in [-0.3, -0.25) is 0 Å². The van der Waals surface area contributed by atoms with E-state index in [1.165, 1.54) is 6.07 Å². The van der Waals surface area contributed by atoms with E-state index in [0.717, 1.165) is 5.56 Å². The molecule has 0 heterocycles. The molecule has 1 atom stereocenters. The Labute approximate surface area is 142 Å². The van der Waals surface area contributed by atoms with E-state index in [0.29, 0.717) is 33.5 Å². The minimum absolute atomic E-state index is 0.280. The molecule has 1 nitrogen and oxygen atoms in total. The van der Waals surface area contributed by atoms with Gasteiger partial charge in [0.2, 0.25) is 0 Å². The van der Waals surface area contributed by atoms with Gasteiger partial charge in [0.15, 0.2) is 0 Å². The summed E-state index contributed by atoms with van der Waals surface area (Å²) in [5, 5.41) is 0.929. The van der Waals surface area contributed by atoms with Crippen LogP contribution in [0.3, 0.4) is 0 Å². The van der Waals surface area contributed by atoms with Gasteiger partial charge in [-0.05, 0) is 37.1 Å². The maximum absolute atomic E-state index is 14.1. The van der Waals surface area contributed by atoms with Crippen molar-refractivity contribution in [2.75, 3.05) is 6.61 Å². The lowest BCUT2D eigenvalue weighted by Gasteiger charge is -2.16. The van der Waals surface area contributed by atoms with Crippen LogP contribution in [0.5, 0.6) is 5.75 Å². The lowest BCUT2D eigenvalue weighted by atomic mass is 10.0. The zero-order valence-corrected chi connectivity index (χ0v) is 14.7. The molecule has 2 aromatic rings. The first kappa shape index (κ1) is 16.6. The molecule has 0 N–H and O–H groups in total. The molecule has 112 valence electrons. The molecule has 21 heavy (non-hydrogen) atoms. The summed E-state index contributed by atoms with van der Waals surface area (Å²) in [6.45, 7) is 4.21. The van der Waals surface area contributed by atoms with Gasteiger partial charge in [-0.2, -0.15) is 0 Å². The number of halogens is 4. The van der Waals surface area contributed by atoms with Crippen LogP contribution >= 0.6 is 39.1 Å². The largest absolute Gasteiger partial charge is 0.492 e. The zero-order valence-electron chi connectivity index (χ0n) is 11.6. The Kier molecular flexibility index (Phi) is 5.53. The summed E-state index contributed by atoms with van der Waals surface area (Å²) in [5.74, 6) is 0.245. The van der Waals surface area contributed by atoms with E-state index >= 15 is 0 Å². The first-order chi connectivity index (χ1) is 9.93. The summed E-state index contributed by atoms with van der Waals surface area (Å²) >= 11 is 15.9. The molecule has 0 spiro atoms. The summed E-state index contributed by atoms with van der Waals surface area (Å²) < 4.78 is 19.5. The van der Waals surface area contributed by atoms with Gasteiger partial charge in [-0.1, -0.05) is 51.3 Å². The number of hydrogen-bond donors (Lipinski definition) is 0. The summed E-state index contributed by atoms with van der Waals surface area (Å²) in [4.78, 5) is -0.376. The minimum atomic E-state index is -0.376. The highest BCUT2D eigenvalue weighted by molar-refractivity contribution is 9.09. The fraction of sp³-hybridized carbons (Fsp3) is 0.250. The van der Waals surface area contributed by atoms with E-state index in [-0.39, 0.29) is 10.6 Å². The van der Waals surface area contributed by atoms with Crippen LogP contribution < -0.4 is 4.74 Å². The van der Waals surface area contributed by atoms with Crippen molar-refractivity contribution in [3.8, 4) is 5.75 Å². The van der Waals surface area contributed by atoms with Crippen molar-refractivity contribution in [2.24, 2.45) is 0 Å². The Morgan fingerprint density at radius 2 is 1.86 bits per heavy atom. The topological polar surface area (TPSA) is 9.23 Å². The third-order valence-corrected chi connectivity index (χ3v) is 4.66. The van der Waals surface area contributed by atoms with Crippen LogP contribution in [-0.2, 0) is 0 Å². The molecule has 0 aliphatic rings. The second-order valence-electron chi connectivity index (χ2n) is 4.62. The Morgan fingerprint density at radius 3 is 2.48 bits per heavy atom. The quantitative estimate of drug-likeness (QED) is 0.553. The van der Waals surface area contributed by atoms with Crippen molar-refractivity contribution >= 4 is 39.1 Å². The van der Waals surface area contributed by atoms with Crippen LogP contribution in [0.2, 0.25) is 10.0 Å². The predicted molar refractivity (Wildman–Crippen MR) is 89.5 cm³/mol. The van der Waals surface area contributed by atoms with Gasteiger partial charge in [0, 0.05) is 16.7 Å². The van der Waals surface area contributed by atoms with E-state index in [1.54, 1.807) is 18.2 Å². The number of aryl methyl sites for hydroxylation is 1. The Balaban J connectivity index is 2.43. The average molecular weight is 392 g/mol. The molecule has 5 heteroatoms. The molecule has 0 saturated carbocycles. The number of rotatable bonds is 4. The number of hydrogen-bond acceptors (Lipinski definition) is 1. The normalized spacial score (nSPS) is 12.3. The van der Waals surface area contributed by atoms with Crippen molar-refractivity contribution in [1.82, 2.24) is 0 Å². The molecule has 0 aliphatic heterocycles. The summed E-state index contributed by atoms with van der Waals surface area (Å²) in [5.41, 5.74) is 2.09. The molecule has 2 rings (SSSR count). The molecule has 0 amide bonds. The molecule has 1 unspecified atom stereocenters. The van der Waals surface area contributed by atoms with Crippen LogP contribution in [0.4, 0.5) is 4.39 Å². The Hall–Kier alpha value is -0.770. The third-order valence-electron chi connectivity index (χ3n) is 3.05. The maximum atomic E-state index is 14.1. The van der Waals surface area contributed by atoms with Crippen LogP contribution in [0.25, 0.3) is 0 Å². The monoisotopic (exact) mass is 390 g/mol. The fourth-order valence-corrected chi connectivity index (χ4v) is 3.38. The van der Waals surface area contributed by atoms with E-state index in [1.807, 2.05) is 19.9 Å². The highest BCUT2D eigenvalue weighted by Crippen LogP contribution is 2.41. The molecule has 2 aromatic carbocycles. The van der Waals surface area contributed by atoms with Gasteiger partial charge in [-0.25, -0.2) is 4.39 Å². The van der Waals surface area contributed by atoms with Crippen LogP contribution in [0.1, 0.15) is 28.4 Å². The standard InChI is InChI=1S/C16H14BrCl2FO/c1-3-21-15-8-12(18)11(7-13(15)19)16(17)10-5-4-9(2)6-14(10)20/h4-8,16H,3H2,1-2H3. The Morgan fingerprint density at radius 1 is 1.14 bits per heavy atom. The highest BCUT2D eigenvalue weighted by atomic mass is 79.9. The lowest BCUT2D eigenvalue weighted by Crippen LogP contribution is -2.00. The van der Waals surface area contributed by atoms with Crippen molar-refractivity contribution in [2.45, 2.75) is 18.7 Å². The number of alkyl halides is 1. The van der Waals surface area contributed by atoms with E-state index in [2.05, 4.69) is 15.9 Å². The van der Waals surface area contributed by atoms with Gasteiger partial charge < -0.3 is 4.74 Å². The molecule has 0 aliphatic carbocycles. The van der Waals surface area contributed by atoms with Gasteiger partial charge in [0.1, 0.15) is 11.6 Å². The maximum Gasteiger partial charge on any atom is 0.139 e. The average Bonchev–Trinajstić information content (AvgIpc) is 2.42. The van der Waals surface area contributed by atoms with E-state index < -0.39 is 0 Å². The van der Waals surface area contributed by atoms with Crippen LogP contribution in [-0.4, -0.2) is 6.61 Å². The smallest absolute Gasteiger partial charge is 0.139 e. The molecule has 0 saturated heterocycles. The van der Waals surface area contributed by atoms with Gasteiger partial charge in [-0.15, -0.1) is 0 Å². The van der Waals surface area contributed by atoms with Crippen molar-refractivity contribution in [3.05, 3.63) is 62.9 Å². The van der Waals surface area contributed by atoms with E-state index in [9.17, 15) is 4.39 Å². The van der Waals surface area contributed by atoms with Gasteiger partial charge >= 0.3 is 0 Å². The molecule has 0 bridgehead atoms. The van der Waals surface area contributed by atoms with Gasteiger partial charge in [0.25, 0.3) is 0 Å². The first-order valence-corrected chi connectivity index (χ1v) is 8.13. The van der Waals surface area contributed by atoms with E-state index in [4.69, 9.17) is 27.9 Å². The molecular formula is C16H14BrCl2FO. The molecule has 0 aromatic heterocycles. The molecule has 0 fully saturated rings. The highest BCUT2D eigenvalue weighted by Gasteiger charge is 2.19. The van der Waals surface area contributed by atoms with Crippen LogP contribution in [0.15, 0.2) is 30.3 Å². The predicted octanol–water partition coefficient (Wildman–Crippen LogP) is 6.32. The third kappa shape index (κ3) is 3.71. The lowest BCUT2D eigenvalue weighted by molar-refractivity contribution is 0.340. The second-order valence-corrected chi connectivity index (χ2v) is 6.35. The number of benzene rings is 2. The zero-order chi connectivity index (χ0) is 15.6. The van der Waals surface area contributed by atoms with Crippen molar-refractivity contribution in [3.63, 3.8) is 0 Å². The van der Waals surface area contributed by atoms with Crippen LogP contribution in [0, 0.1) is 12.7 Å². The SMILES string of the molecule is CCOc1cc(Cl)c(C(Br)c2ccc(C)cc2F)cc1Cl. The van der Waals surface area contributed by atoms with Crippen molar-refractivity contribution in [1.29, 1.82) is 0 Å². The summed E-state index contributed by atoms with van der Waals surface area (Å²) in [7, 11) is 0. The second kappa shape index (κ2) is 6.99. The Bertz CT molecular complexity index is 661. The fourth-order valence-electron chi connectivity index (χ4n) is 2.01. The molecule has 0 radical (unpaired) electrons. The first-order valence-electron chi connectivity index (χ1n) is 6.46. The summed E-state index contributed by atoms with van der Waals surface area (Å²) in [6, 6.07) is 8.45.